The molecule has 2 heterocycles. The third-order valence-corrected chi connectivity index (χ3v) is 5.20. The van der Waals surface area contributed by atoms with Crippen molar-refractivity contribution in [2.24, 2.45) is 0 Å². The van der Waals surface area contributed by atoms with Crippen molar-refractivity contribution in [3.63, 3.8) is 0 Å². The fraction of sp³-hybridized carbons (Fsp3) is 0.158. The normalized spacial score (nSPS) is 13.4. The van der Waals surface area contributed by atoms with Gasteiger partial charge in [-0.15, -0.1) is 0 Å². The molecule has 0 spiro atoms. The van der Waals surface area contributed by atoms with Crippen LogP contribution in [0.4, 0.5) is 18.9 Å². The second kappa shape index (κ2) is 6.77. The number of anilines is 1. The Morgan fingerprint density at radius 3 is 2.56 bits per heavy atom. The van der Waals surface area contributed by atoms with Gasteiger partial charge in [0.2, 0.25) is 0 Å². The minimum atomic E-state index is -4.43. The first-order valence-corrected chi connectivity index (χ1v) is 9.18. The second-order valence-corrected chi connectivity index (χ2v) is 7.09. The van der Waals surface area contributed by atoms with Gasteiger partial charge in [-0.25, -0.2) is 4.98 Å². The molecule has 0 fully saturated rings. The molecule has 8 heteroatoms. The summed E-state index contributed by atoms with van der Waals surface area (Å²) in [6.07, 6.45) is -2.49. The second-order valence-electron chi connectivity index (χ2n) is 6.03. The van der Waals surface area contributed by atoms with E-state index in [1.54, 1.807) is 23.9 Å². The number of para-hydroxylation sites is 1. The Morgan fingerprint density at radius 2 is 1.85 bits per heavy atom. The van der Waals surface area contributed by atoms with Gasteiger partial charge in [0.05, 0.1) is 16.9 Å². The minimum Gasteiger partial charge on any atom is -0.325 e. The summed E-state index contributed by atoms with van der Waals surface area (Å²) in [4.78, 5) is 17.1. The summed E-state index contributed by atoms with van der Waals surface area (Å²) in [7, 11) is 0. The van der Waals surface area contributed by atoms with Gasteiger partial charge in [-0.1, -0.05) is 30.0 Å². The molecule has 3 aromatic rings. The Kier molecular flexibility index (Phi) is 4.43. The molecule has 1 amide bonds. The maximum absolute atomic E-state index is 12.7. The third kappa shape index (κ3) is 3.57. The molecule has 1 N–H and O–H groups in total. The highest BCUT2D eigenvalue weighted by atomic mass is 32.2. The summed E-state index contributed by atoms with van der Waals surface area (Å²) in [5.41, 5.74) is 1.44. The van der Waals surface area contributed by atoms with Crippen molar-refractivity contribution in [2.45, 2.75) is 17.9 Å². The number of nitrogens with zero attached hydrogens (tertiary/aromatic N) is 2. The number of aromatic nitrogens is 2. The van der Waals surface area contributed by atoms with Crippen LogP contribution in [0.5, 0.6) is 0 Å². The van der Waals surface area contributed by atoms with Crippen molar-refractivity contribution in [1.82, 2.24) is 9.55 Å². The number of thioether (sulfide) groups is 1. The first-order valence-electron chi connectivity index (χ1n) is 8.20. The van der Waals surface area contributed by atoms with E-state index in [0.29, 0.717) is 5.69 Å². The number of halogens is 3. The number of alkyl halides is 3. The highest BCUT2D eigenvalue weighted by molar-refractivity contribution is 7.99. The van der Waals surface area contributed by atoms with Gasteiger partial charge in [0.25, 0.3) is 5.91 Å². The lowest BCUT2D eigenvalue weighted by molar-refractivity contribution is -0.137. The molecule has 2 aromatic carbocycles. The predicted octanol–water partition coefficient (Wildman–Crippen LogP) is 4.93. The van der Waals surface area contributed by atoms with Gasteiger partial charge < -0.3 is 9.88 Å². The lowest BCUT2D eigenvalue weighted by atomic mass is 10.1. The number of nitrogens with one attached hydrogen (secondary N) is 1. The van der Waals surface area contributed by atoms with Gasteiger partial charge in [0.1, 0.15) is 0 Å². The Labute approximate surface area is 157 Å². The molecule has 4 rings (SSSR count). The summed E-state index contributed by atoms with van der Waals surface area (Å²) in [5.74, 6) is 0.520. The number of carbonyl (C=O) groups excluding carboxylic acids is 1. The monoisotopic (exact) mass is 389 g/mol. The predicted molar refractivity (Wildman–Crippen MR) is 97.8 cm³/mol. The van der Waals surface area contributed by atoms with E-state index in [-0.39, 0.29) is 5.56 Å². The number of hydrogen-bond acceptors (Lipinski definition) is 3. The van der Waals surface area contributed by atoms with E-state index in [0.717, 1.165) is 40.8 Å². The molecule has 0 saturated carbocycles. The number of imidazole rings is 1. The largest absolute Gasteiger partial charge is 0.416 e. The van der Waals surface area contributed by atoms with Crippen molar-refractivity contribution in [3.8, 4) is 11.3 Å². The molecule has 0 unspecified atom stereocenters. The number of aryl methyl sites for hydroxylation is 1. The van der Waals surface area contributed by atoms with Gasteiger partial charge in [0, 0.05) is 29.6 Å². The van der Waals surface area contributed by atoms with Crippen LogP contribution in [0.1, 0.15) is 15.9 Å². The van der Waals surface area contributed by atoms with Crippen molar-refractivity contribution in [3.05, 3.63) is 65.9 Å². The van der Waals surface area contributed by atoms with Crippen molar-refractivity contribution in [2.75, 3.05) is 11.1 Å². The summed E-state index contributed by atoms with van der Waals surface area (Å²) in [6.45, 7) is 0.896. The van der Waals surface area contributed by atoms with Crippen LogP contribution in [0.15, 0.2) is 59.9 Å². The van der Waals surface area contributed by atoms with Gasteiger partial charge in [0.15, 0.2) is 5.16 Å². The zero-order valence-corrected chi connectivity index (χ0v) is 14.8. The molecule has 138 valence electrons. The van der Waals surface area contributed by atoms with E-state index >= 15 is 0 Å². The van der Waals surface area contributed by atoms with Crippen molar-refractivity contribution >= 4 is 23.4 Å². The van der Waals surface area contributed by atoms with E-state index in [1.165, 1.54) is 12.1 Å². The maximum Gasteiger partial charge on any atom is 0.416 e. The fourth-order valence-electron chi connectivity index (χ4n) is 2.86. The molecular weight excluding hydrogens is 375 g/mol. The molecule has 1 aromatic heterocycles. The Morgan fingerprint density at radius 1 is 1.11 bits per heavy atom. The third-order valence-electron chi connectivity index (χ3n) is 4.23. The molecule has 0 atom stereocenters. The molecule has 0 aliphatic carbocycles. The van der Waals surface area contributed by atoms with Crippen LogP contribution in [0.3, 0.4) is 0 Å². The smallest absolute Gasteiger partial charge is 0.325 e. The first kappa shape index (κ1) is 17.7. The van der Waals surface area contributed by atoms with Crippen LogP contribution < -0.4 is 5.32 Å². The quantitative estimate of drug-likeness (QED) is 0.691. The first-order chi connectivity index (χ1) is 12.9. The van der Waals surface area contributed by atoms with E-state index in [4.69, 9.17) is 0 Å². The average Bonchev–Trinajstić information content (AvgIpc) is 3.23. The zero-order chi connectivity index (χ0) is 19.0. The SMILES string of the molecule is O=C(Nc1ccccc1-c1cn2c(n1)SCC2)c1ccc(C(F)(F)F)cc1. The van der Waals surface area contributed by atoms with Crippen LogP contribution >= 0.6 is 11.8 Å². The molecule has 0 bridgehead atoms. The number of amides is 1. The molecular formula is C19H14F3N3OS. The lowest BCUT2D eigenvalue weighted by Gasteiger charge is -2.11. The molecule has 1 aliphatic heterocycles. The lowest BCUT2D eigenvalue weighted by Crippen LogP contribution is -2.13. The highest BCUT2D eigenvalue weighted by Gasteiger charge is 2.30. The highest BCUT2D eigenvalue weighted by Crippen LogP contribution is 2.33. The number of fused-ring (bicyclic) bond motifs is 1. The molecule has 0 saturated heterocycles. The minimum absolute atomic E-state index is 0.153. The van der Waals surface area contributed by atoms with Gasteiger partial charge in [-0.05, 0) is 30.3 Å². The van der Waals surface area contributed by atoms with E-state index < -0.39 is 17.6 Å². The standard InChI is InChI=1S/C19H14F3N3OS/c20-19(21,22)13-7-5-12(6-8-13)17(26)23-15-4-2-1-3-14(15)16-11-25-9-10-27-18(25)24-16/h1-8,11H,9-10H2,(H,23,26). The summed E-state index contributed by atoms with van der Waals surface area (Å²) in [6, 6.07) is 11.4. The van der Waals surface area contributed by atoms with E-state index in [2.05, 4.69) is 14.9 Å². The Bertz CT molecular complexity index is 975. The van der Waals surface area contributed by atoms with Crippen LogP contribution in [-0.4, -0.2) is 21.2 Å². The zero-order valence-electron chi connectivity index (χ0n) is 14.0. The number of rotatable bonds is 3. The van der Waals surface area contributed by atoms with Crippen LogP contribution in [-0.2, 0) is 12.7 Å². The van der Waals surface area contributed by atoms with Gasteiger partial charge in [-0.3, -0.25) is 4.79 Å². The van der Waals surface area contributed by atoms with Crippen molar-refractivity contribution in [1.29, 1.82) is 0 Å². The summed E-state index contributed by atoms with van der Waals surface area (Å²) >= 11 is 1.68. The average molecular weight is 389 g/mol. The summed E-state index contributed by atoms with van der Waals surface area (Å²) < 4.78 is 40.1. The van der Waals surface area contributed by atoms with Crippen LogP contribution in [0.2, 0.25) is 0 Å². The topological polar surface area (TPSA) is 46.9 Å². The van der Waals surface area contributed by atoms with Crippen LogP contribution in [0.25, 0.3) is 11.3 Å². The molecule has 0 radical (unpaired) electrons. The van der Waals surface area contributed by atoms with E-state index in [1.807, 2.05) is 18.3 Å². The fourth-order valence-corrected chi connectivity index (χ4v) is 3.80. The van der Waals surface area contributed by atoms with Gasteiger partial charge >= 0.3 is 6.18 Å². The number of hydrogen-bond donors (Lipinski definition) is 1. The molecule has 1 aliphatic rings. The summed E-state index contributed by atoms with van der Waals surface area (Å²) in [5, 5.41) is 3.71. The molecule has 27 heavy (non-hydrogen) atoms. The maximum atomic E-state index is 12.7. The number of carbonyl (C=O) groups is 1. The van der Waals surface area contributed by atoms with Crippen LogP contribution in [0, 0.1) is 0 Å². The Hall–Kier alpha value is -2.74. The van der Waals surface area contributed by atoms with Gasteiger partial charge in [-0.2, -0.15) is 13.2 Å². The molecule has 4 nitrogen and oxygen atoms in total. The Balaban J connectivity index is 1.58. The van der Waals surface area contributed by atoms with Crippen molar-refractivity contribution < 1.29 is 18.0 Å². The number of benzene rings is 2. The van der Waals surface area contributed by atoms with E-state index in [9.17, 15) is 18.0 Å².